The van der Waals surface area contributed by atoms with Gasteiger partial charge in [-0.25, -0.2) is 35.5 Å². The molecule has 0 saturated heterocycles. The van der Waals surface area contributed by atoms with E-state index in [4.69, 9.17) is 42.3 Å². The number of primary sulfonamides is 2. The molecule has 0 fully saturated rings. The average molecular weight is 1110 g/mol. The SMILES string of the molecule is CC(C)(C)c1ccc(N)cc1S(N)(=O)=O.CC(C)(C)c1ccc([N+](=O)[O-])cc1N.CC(C)(C)c1ccc([N+](=O)[O-])cc1S(=O)(=O)Cl.CC(C)(C)c1ccc([N+](=O)[O-])cc1S(N)(=O)=O.CCO.CCOCC.N.O. The number of nitro groups is 3. The van der Waals surface area contributed by atoms with Gasteiger partial charge in [-0.1, -0.05) is 101 Å². The number of hydrogen-bond acceptors (Lipinski definition) is 17. The third-order valence-electron chi connectivity index (χ3n) is 9.12. The summed E-state index contributed by atoms with van der Waals surface area (Å²) in [7, 11) is -6.41. The summed E-state index contributed by atoms with van der Waals surface area (Å²) in [5.74, 6) is 0. The standard InChI is InChI=1S/C10H12ClNO4S.C10H14N2O4S.C10H16N2O2S.C10H14N2O2.C4H10O.C2H6O.H3N.H2O/c2*1-10(2,3)8-5-4-7(12(13)14)6-9(8)17(11,15)16;1-10(2,3)8-5-4-7(11)6-9(8)15(12,13)14;1-10(2,3)8-5-4-7(12(13)14)6-9(8)11;1-3-5-4-2;1-2-3;;/h4-6H,1-3H3;4-6H,1-3H3,(H2,11,15,16);4-6H,11H2,1-3H3,(H2,12,13,14);4-6H,11H2,1-3H3;3-4H2,1-2H3;3H,2H2,1H3;1H3;1H2. The topological polar surface area (TPSA) is 432 Å². The molecule has 0 unspecified atom stereocenters. The summed E-state index contributed by atoms with van der Waals surface area (Å²) in [6, 6.07) is 16.8. The van der Waals surface area contributed by atoms with E-state index >= 15 is 0 Å². The van der Waals surface area contributed by atoms with Gasteiger partial charge in [-0.2, -0.15) is 0 Å². The number of benzene rings is 4. The van der Waals surface area contributed by atoms with Gasteiger partial charge in [-0.15, -0.1) is 0 Å². The molecule has 4 aromatic carbocycles. The highest BCUT2D eigenvalue weighted by Crippen LogP contribution is 2.35. The number of nitrogens with zero attached hydrogens (tertiary/aromatic N) is 3. The molecule has 0 aliphatic carbocycles. The maximum Gasteiger partial charge on any atom is 0.271 e. The molecule has 0 spiro atoms. The molecule has 73 heavy (non-hydrogen) atoms. The lowest BCUT2D eigenvalue weighted by Gasteiger charge is -2.22. The van der Waals surface area contributed by atoms with Gasteiger partial charge in [0.05, 0.1) is 29.5 Å². The summed E-state index contributed by atoms with van der Waals surface area (Å²) >= 11 is 0. The zero-order valence-electron chi connectivity index (χ0n) is 44.3. The van der Waals surface area contributed by atoms with Crippen LogP contribution in [0.25, 0.3) is 0 Å². The molecule has 0 aliphatic heterocycles. The molecule has 0 saturated carbocycles. The molecule has 14 N–H and O–H groups in total. The van der Waals surface area contributed by atoms with Gasteiger partial charge < -0.3 is 32.9 Å². The summed E-state index contributed by atoms with van der Waals surface area (Å²) in [6.45, 7) is 30.3. The minimum atomic E-state index is -4.00. The summed E-state index contributed by atoms with van der Waals surface area (Å²) in [5.41, 5.74) is 12.9. The van der Waals surface area contributed by atoms with Crippen molar-refractivity contribution < 1.29 is 55.3 Å². The quantitative estimate of drug-likeness (QED) is 0.0417. The van der Waals surface area contributed by atoms with Crippen molar-refractivity contribution in [1.82, 2.24) is 6.15 Å². The van der Waals surface area contributed by atoms with Crippen molar-refractivity contribution in [1.29, 1.82) is 0 Å². The van der Waals surface area contributed by atoms with Crippen LogP contribution in [-0.2, 0) is 55.5 Å². The number of aliphatic hydroxyl groups is 1. The van der Waals surface area contributed by atoms with Gasteiger partial charge in [0.25, 0.3) is 26.1 Å². The molecular formula is C46H77ClN8O15S3. The first-order chi connectivity index (χ1) is 31.8. The number of hydrogen-bond donors (Lipinski definition) is 6. The van der Waals surface area contributed by atoms with E-state index in [9.17, 15) is 55.6 Å². The van der Waals surface area contributed by atoms with Gasteiger partial charge in [-0.3, -0.25) is 30.3 Å². The lowest BCUT2D eigenvalue weighted by Crippen LogP contribution is -2.21. The van der Waals surface area contributed by atoms with Gasteiger partial charge >= 0.3 is 0 Å². The second-order valence-electron chi connectivity index (χ2n) is 19.3. The van der Waals surface area contributed by atoms with Crippen LogP contribution in [0.3, 0.4) is 0 Å². The number of halogens is 1. The molecule has 27 heteroatoms. The molecule has 4 aromatic rings. The number of nitro benzene ring substituents is 3. The zero-order chi connectivity index (χ0) is 56.5. The Hall–Kier alpha value is -5.42. The Kier molecular flexibility index (Phi) is 30.5. The number of aliphatic hydroxyl groups excluding tert-OH is 1. The molecule has 4 rings (SSSR count). The molecule has 23 nitrogen and oxygen atoms in total. The third kappa shape index (κ3) is 26.4. The molecular weight excluding hydrogens is 1040 g/mol. The number of anilines is 2. The number of nitrogen functional groups attached to an aromatic ring is 2. The number of rotatable bonds is 8. The van der Waals surface area contributed by atoms with Gasteiger partial charge in [0.15, 0.2) is 0 Å². The Morgan fingerprint density at radius 2 is 0.781 bits per heavy atom. The van der Waals surface area contributed by atoms with E-state index in [-0.39, 0.29) is 60.8 Å². The fraction of sp³-hybridized carbons (Fsp3) is 0.478. The lowest BCUT2D eigenvalue weighted by molar-refractivity contribution is -0.385. The smallest absolute Gasteiger partial charge is 0.271 e. The Morgan fingerprint density at radius 1 is 0.521 bits per heavy atom. The number of sulfonamides is 2. The van der Waals surface area contributed by atoms with E-state index in [1.807, 2.05) is 76.2 Å². The maximum atomic E-state index is 11.4. The Labute approximate surface area is 434 Å². The van der Waals surface area contributed by atoms with Crippen LogP contribution in [0, 0.1) is 30.3 Å². The molecule has 0 heterocycles. The maximum absolute atomic E-state index is 11.4. The first-order valence-corrected chi connectivity index (χ1v) is 27.0. The van der Waals surface area contributed by atoms with Crippen LogP contribution in [0.1, 0.15) is 126 Å². The Morgan fingerprint density at radius 3 is 1.03 bits per heavy atom. The molecule has 0 aliphatic rings. The van der Waals surface area contributed by atoms with Crippen LogP contribution < -0.4 is 27.9 Å². The van der Waals surface area contributed by atoms with Crippen molar-refractivity contribution in [2.45, 2.75) is 140 Å². The van der Waals surface area contributed by atoms with Crippen molar-refractivity contribution in [2.75, 3.05) is 31.3 Å². The second kappa shape index (κ2) is 30.1. The van der Waals surface area contributed by atoms with Crippen molar-refractivity contribution in [3.05, 3.63) is 125 Å². The van der Waals surface area contributed by atoms with Crippen LogP contribution in [0.4, 0.5) is 28.4 Å². The predicted molar refractivity (Wildman–Crippen MR) is 289 cm³/mol. The fourth-order valence-corrected chi connectivity index (χ4v) is 9.10. The van der Waals surface area contributed by atoms with Gasteiger partial charge in [0.2, 0.25) is 20.0 Å². The van der Waals surface area contributed by atoms with Crippen molar-refractivity contribution in [3.63, 3.8) is 0 Å². The zero-order valence-corrected chi connectivity index (χ0v) is 47.5. The van der Waals surface area contributed by atoms with E-state index in [0.29, 0.717) is 28.1 Å². The predicted octanol–water partition coefficient (Wildman–Crippen LogP) is 8.43. The molecule has 0 aromatic heterocycles. The number of ether oxygens (including phenoxy) is 1. The van der Waals surface area contributed by atoms with E-state index in [2.05, 4.69) is 0 Å². The number of non-ortho nitro benzene ring substituents is 3. The van der Waals surface area contributed by atoms with Crippen molar-refractivity contribution >= 4 is 68.2 Å². The van der Waals surface area contributed by atoms with Gasteiger partial charge in [0.1, 0.15) is 0 Å². The van der Waals surface area contributed by atoms with Crippen molar-refractivity contribution in [3.8, 4) is 0 Å². The third-order valence-corrected chi connectivity index (χ3v) is 12.4. The summed E-state index contributed by atoms with van der Waals surface area (Å²) < 4.78 is 73.3. The monoisotopic (exact) mass is 1110 g/mol. The molecule has 416 valence electrons. The van der Waals surface area contributed by atoms with E-state index in [0.717, 1.165) is 30.9 Å². The second-order valence-corrected chi connectivity index (χ2v) is 24.9. The molecule has 0 atom stereocenters. The fourth-order valence-electron chi connectivity index (χ4n) is 5.87. The first kappa shape index (κ1) is 74.1. The van der Waals surface area contributed by atoms with Crippen LogP contribution >= 0.6 is 10.7 Å². The first-order valence-electron chi connectivity index (χ1n) is 21.5. The Bertz CT molecular complexity index is 2680. The minimum Gasteiger partial charge on any atom is -0.412 e. The highest BCUT2D eigenvalue weighted by atomic mass is 35.7. The summed E-state index contributed by atoms with van der Waals surface area (Å²) in [5, 5.41) is 49.5. The van der Waals surface area contributed by atoms with Gasteiger partial charge in [-0.05, 0) is 82.9 Å². The van der Waals surface area contributed by atoms with Crippen molar-refractivity contribution in [2.24, 2.45) is 10.3 Å². The van der Waals surface area contributed by atoms with E-state index < -0.39 is 54.7 Å². The highest BCUT2D eigenvalue weighted by Gasteiger charge is 2.28. The average Bonchev–Trinajstić information content (AvgIpc) is 3.19. The van der Waals surface area contributed by atoms with Crippen LogP contribution in [0.15, 0.2) is 87.5 Å². The molecule has 0 amide bonds. The highest BCUT2D eigenvalue weighted by molar-refractivity contribution is 8.13. The molecule has 0 radical (unpaired) electrons. The van der Waals surface area contributed by atoms with E-state index in [1.54, 1.807) is 45.9 Å². The minimum absolute atomic E-state index is 0. The normalized spacial score (nSPS) is 11.4. The number of nitrogens with two attached hydrogens (primary N) is 4. The van der Waals surface area contributed by atoms with Gasteiger partial charge in [0, 0.05) is 78.3 Å². The van der Waals surface area contributed by atoms with Crippen LogP contribution in [0.5, 0.6) is 0 Å². The summed E-state index contributed by atoms with van der Waals surface area (Å²) in [4.78, 5) is 29.6. The lowest BCUT2D eigenvalue weighted by atomic mass is 9.86. The van der Waals surface area contributed by atoms with E-state index in [1.165, 1.54) is 42.5 Å². The summed E-state index contributed by atoms with van der Waals surface area (Å²) in [6.07, 6.45) is 0. The molecule has 0 bridgehead atoms. The van der Waals surface area contributed by atoms with Crippen LogP contribution in [-0.4, -0.2) is 70.4 Å². The largest absolute Gasteiger partial charge is 0.412 e. The Balaban J connectivity index is -0.000000411. The van der Waals surface area contributed by atoms with Crippen LogP contribution in [0.2, 0.25) is 0 Å².